The Balaban J connectivity index is 1.35. The quantitative estimate of drug-likeness (QED) is 0.907. The number of carbonyl (C=O) groups excluding carboxylic acids is 1. The molecule has 0 spiro atoms. The summed E-state index contributed by atoms with van der Waals surface area (Å²) in [5, 5.41) is 7.65. The van der Waals surface area contributed by atoms with E-state index in [0.29, 0.717) is 12.6 Å². The number of nitrogens with one attached hydrogen (secondary N) is 1. The van der Waals surface area contributed by atoms with E-state index >= 15 is 0 Å². The van der Waals surface area contributed by atoms with E-state index in [-0.39, 0.29) is 12.1 Å². The SMILES string of the molecule is CC1C(NC(=O)N2CCCc3c(cnn3C)C2)CCN1Cc1ccccc1. The Morgan fingerprint density at radius 2 is 2.07 bits per heavy atom. The molecule has 0 bridgehead atoms. The van der Waals surface area contributed by atoms with E-state index in [9.17, 15) is 4.79 Å². The van der Waals surface area contributed by atoms with Crippen molar-refractivity contribution in [3.63, 3.8) is 0 Å². The molecule has 2 amide bonds. The van der Waals surface area contributed by atoms with Crippen LogP contribution < -0.4 is 5.32 Å². The number of fused-ring (bicyclic) bond motifs is 1. The van der Waals surface area contributed by atoms with Crippen molar-refractivity contribution >= 4 is 6.03 Å². The smallest absolute Gasteiger partial charge is 0.317 e. The van der Waals surface area contributed by atoms with Crippen LogP contribution in [0.25, 0.3) is 0 Å². The van der Waals surface area contributed by atoms with E-state index < -0.39 is 0 Å². The van der Waals surface area contributed by atoms with Crippen molar-refractivity contribution in [2.75, 3.05) is 13.1 Å². The van der Waals surface area contributed by atoms with Gasteiger partial charge < -0.3 is 10.2 Å². The van der Waals surface area contributed by atoms with E-state index in [4.69, 9.17) is 0 Å². The van der Waals surface area contributed by atoms with Crippen LogP contribution in [-0.2, 0) is 26.6 Å². The third-order valence-electron chi connectivity index (χ3n) is 6.06. The van der Waals surface area contributed by atoms with Crippen molar-refractivity contribution in [3.8, 4) is 0 Å². The van der Waals surface area contributed by atoms with Gasteiger partial charge in [-0.3, -0.25) is 9.58 Å². The second-order valence-corrected chi connectivity index (χ2v) is 7.81. The first-order valence-corrected chi connectivity index (χ1v) is 9.95. The fourth-order valence-corrected chi connectivity index (χ4v) is 4.35. The zero-order chi connectivity index (χ0) is 18.8. The molecule has 6 nitrogen and oxygen atoms in total. The number of likely N-dealkylation sites (tertiary alicyclic amines) is 1. The van der Waals surface area contributed by atoms with Gasteiger partial charge in [-0.15, -0.1) is 0 Å². The lowest BCUT2D eigenvalue weighted by molar-refractivity contribution is 0.185. The average molecular weight is 367 g/mol. The van der Waals surface area contributed by atoms with Gasteiger partial charge in [0, 0.05) is 50.0 Å². The molecule has 1 saturated heterocycles. The lowest BCUT2D eigenvalue weighted by Crippen LogP contribution is -2.48. The minimum atomic E-state index is 0.0603. The number of hydrogen-bond acceptors (Lipinski definition) is 3. The molecule has 0 saturated carbocycles. The van der Waals surface area contributed by atoms with Crippen molar-refractivity contribution in [2.24, 2.45) is 7.05 Å². The summed E-state index contributed by atoms with van der Waals surface area (Å²) in [4.78, 5) is 17.3. The second kappa shape index (κ2) is 7.72. The largest absolute Gasteiger partial charge is 0.334 e. The molecule has 27 heavy (non-hydrogen) atoms. The number of rotatable bonds is 3. The van der Waals surface area contributed by atoms with E-state index in [1.807, 2.05) is 22.8 Å². The van der Waals surface area contributed by atoms with Crippen LogP contribution >= 0.6 is 0 Å². The predicted molar refractivity (Wildman–Crippen MR) is 105 cm³/mol. The topological polar surface area (TPSA) is 53.4 Å². The number of aryl methyl sites for hydroxylation is 1. The summed E-state index contributed by atoms with van der Waals surface area (Å²) in [6, 6.07) is 11.2. The van der Waals surface area contributed by atoms with Gasteiger partial charge in [-0.25, -0.2) is 4.79 Å². The summed E-state index contributed by atoms with van der Waals surface area (Å²) >= 11 is 0. The van der Waals surface area contributed by atoms with Gasteiger partial charge in [0.1, 0.15) is 0 Å². The Bertz CT molecular complexity index is 787. The molecule has 3 heterocycles. The molecule has 1 N–H and O–H groups in total. The van der Waals surface area contributed by atoms with Crippen molar-refractivity contribution in [1.29, 1.82) is 0 Å². The molecular formula is C21H29N5O. The highest BCUT2D eigenvalue weighted by Gasteiger charge is 2.33. The van der Waals surface area contributed by atoms with Crippen molar-refractivity contribution in [2.45, 2.75) is 51.4 Å². The Morgan fingerprint density at radius 1 is 1.26 bits per heavy atom. The Hall–Kier alpha value is -2.34. The van der Waals surface area contributed by atoms with Gasteiger partial charge in [0.2, 0.25) is 0 Å². The molecule has 2 aliphatic rings. The third-order valence-corrected chi connectivity index (χ3v) is 6.06. The fourth-order valence-electron chi connectivity index (χ4n) is 4.35. The number of hydrogen-bond donors (Lipinski definition) is 1. The van der Waals surface area contributed by atoms with Crippen LogP contribution in [0.5, 0.6) is 0 Å². The summed E-state index contributed by atoms with van der Waals surface area (Å²) in [7, 11) is 1.98. The molecule has 1 fully saturated rings. The van der Waals surface area contributed by atoms with Gasteiger partial charge in [0.15, 0.2) is 0 Å². The number of urea groups is 1. The Kier molecular flexibility index (Phi) is 5.16. The highest BCUT2D eigenvalue weighted by molar-refractivity contribution is 5.74. The van der Waals surface area contributed by atoms with E-state index in [1.165, 1.54) is 16.8 Å². The van der Waals surface area contributed by atoms with Crippen molar-refractivity contribution in [1.82, 2.24) is 24.9 Å². The number of nitrogens with zero attached hydrogens (tertiary/aromatic N) is 4. The lowest BCUT2D eigenvalue weighted by Gasteiger charge is -2.28. The van der Waals surface area contributed by atoms with E-state index in [2.05, 4.69) is 52.6 Å². The minimum absolute atomic E-state index is 0.0603. The molecule has 2 unspecified atom stereocenters. The normalized spacial score (nSPS) is 23.1. The summed E-state index contributed by atoms with van der Waals surface area (Å²) in [6.45, 7) is 5.65. The summed E-state index contributed by atoms with van der Waals surface area (Å²) in [5.74, 6) is 0. The first kappa shape index (κ1) is 18.0. The monoisotopic (exact) mass is 367 g/mol. The molecule has 1 aromatic heterocycles. The second-order valence-electron chi connectivity index (χ2n) is 7.81. The molecule has 6 heteroatoms. The van der Waals surface area contributed by atoms with Crippen LogP contribution in [0.2, 0.25) is 0 Å². The van der Waals surface area contributed by atoms with Gasteiger partial charge in [-0.2, -0.15) is 5.10 Å². The van der Waals surface area contributed by atoms with Crippen LogP contribution in [0.3, 0.4) is 0 Å². The zero-order valence-electron chi connectivity index (χ0n) is 16.3. The van der Waals surface area contributed by atoms with Crippen LogP contribution in [0.15, 0.2) is 36.5 Å². The van der Waals surface area contributed by atoms with Crippen molar-refractivity contribution < 1.29 is 4.79 Å². The molecule has 0 radical (unpaired) electrons. The molecule has 144 valence electrons. The zero-order valence-corrected chi connectivity index (χ0v) is 16.3. The van der Waals surface area contributed by atoms with E-state index in [1.54, 1.807) is 0 Å². The molecule has 2 atom stereocenters. The van der Waals surface area contributed by atoms with Gasteiger partial charge in [0.25, 0.3) is 0 Å². The molecular weight excluding hydrogens is 338 g/mol. The molecule has 1 aromatic carbocycles. The van der Waals surface area contributed by atoms with Crippen LogP contribution in [0, 0.1) is 0 Å². The number of aromatic nitrogens is 2. The predicted octanol–water partition coefficient (Wildman–Crippen LogP) is 2.54. The maximum absolute atomic E-state index is 12.9. The average Bonchev–Trinajstić information content (AvgIpc) is 3.10. The summed E-state index contributed by atoms with van der Waals surface area (Å²) in [6.07, 6.45) is 4.88. The summed E-state index contributed by atoms with van der Waals surface area (Å²) in [5.41, 5.74) is 3.76. The van der Waals surface area contributed by atoms with Crippen LogP contribution in [-0.4, -0.2) is 50.8 Å². The van der Waals surface area contributed by atoms with Crippen molar-refractivity contribution in [3.05, 3.63) is 53.3 Å². The van der Waals surface area contributed by atoms with Gasteiger partial charge in [-0.1, -0.05) is 30.3 Å². The first-order valence-electron chi connectivity index (χ1n) is 9.95. The maximum atomic E-state index is 12.9. The first-order chi connectivity index (χ1) is 13.1. The van der Waals surface area contributed by atoms with Gasteiger partial charge >= 0.3 is 6.03 Å². The lowest BCUT2D eigenvalue weighted by atomic mass is 10.1. The Labute approximate surface area is 161 Å². The highest BCUT2D eigenvalue weighted by Crippen LogP contribution is 2.22. The minimum Gasteiger partial charge on any atom is -0.334 e. The molecule has 4 rings (SSSR count). The standard InChI is InChI=1S/C21H29N5O/c1-16-19(10-12-25(16)14-17-7-4-3-5-8-17)23-21(27)26-11-6-9-20-18(15-26)13-22-24(20)2/h3-5,7-8,13,16,19H,6,9-12,14-15H2,1-2H3,(H,23,27). The number of benzene rings is 1. The summed E-state index contributed by atoms with van der Waals surface area (Å²) < 4.78 is 1.94. The molecule has 0 aliphatic carbocycles. The molecule has 2 aliphatic heterocycles. The number of carbonyl (C=O) groups is 1. The third kappa shape index (κ3) is 3.86. The van der Waals surface area contributed by atoms with Gasteiger partial charge in [-0.05, 0) is 31.7 Å². The number of amides is 2. The van der Waals surface area contributed by atoms with E-state index in [0.717, 1.165) is 38.9 Å². The van der Waals surface area contributed by atoms with Crippen LogP contribution in [0.4, 0.5) is 4.79 Å². The van der Waals surface area contributed by atoms with Crippen LogP contribution in [0.1, 0.15) is 36.6 Å². The molecule has 2 aromatic rings. The Morgan fingerprint density at radius 3 is 2.89 bits per heavy atom. The highest BCUT2D eigenvalue weighted by atomic mass is 16.2. The van der Waals surface area contributed by atoms with Gasteiger partial charge in [0.05, 0.1) is 12.7 Å². The maximum Gasteiger partial charge on any atom is 0.317 e. The fraction of sp³-hybridized carbons (Fsp3) is 0.524.